The van der Waals surface area contributed by atoms with Gasteiger partial charge in [-0.3, -0.25) is 0 Å². The van der Waals surface area contributed by atoms with Gasteiger partial charge in [-0.15, -0.1) is 0 Å². The van der Waals surface area contributed by atoms with Gasteiger partial charge in [-0.25, -0.2) is 9.50 Å². The van der Waals surface area contributed by atoms with E-state index in [4.69, 9.17) is 4.74 Å². The van der Waals surface area contributed by atoms with Gasteiger partial charge in [0.2, 0.25) is 0 Å². The number of hydrogen-bond acceptors (Lipinski definition) is 4. The molecule has 0 spiro atoms. The molecule has 2 rings (SSSR count). The molecular formula is C13H20N4O. The summed E-state index contributed by atoms with van der Waals surface area (Å²) in [6, 6.07) is 2.40. The fraction of sp³-hybridized carbons (Fsp3) is 0.538. The average molecular weight is 248 g/mol. The normalized spacial score (nSPS) is 13.1. The van der Waals surface area contributed by atoms with Crippen molar-refractivity contribution in [1.82, 2.24) is 19.9 Å². The van der Waals surface area contributed by atoms with Crippen LogP contribution in [0.1, 0.15) is 24.6 Å². The van der Waals surface area contributed by atoms with E-state index in [0.29, 0.717) is 6.04 Å². The summed E-state index contributed by atoms with van der Waals surface area (Å²) >= 11 is 0. The number of aryl methyl sites for hydroxylation is 1. The van der Waals surface area contributed by atoms with Crippen molar-refractivity contribution in [1.29, 1.82) is 0 Å². The number of methoxy groups -OCH3 is 1. The van der Waals surface area contributed by atoms with Crippen molar-refractivity contribution in [2.75, 3.05) is 13.7 Å². The number of nitrogens with one attached hydrogen (secondary N) is 1. The van der Waals surface area contributed by atoms with Gasteiger partial charge in [0.15, 0.2) is 5.65 Å². The molecule has 5 nitrogen and oxygen atoms in total. The van der Waals surface area contributed by atoms with Crippen LogP contribution >= 0.6 is 0 Å². The van der Waals surface area contributed by atoms with E-state index < -0.39 is 0 Å². The highest BCUT2D eigenvalue weighted by atomic mass is 16.5. The zero-order chi connectivity index (χ0) is 13.0. The van der Waals surface area contributed by atoms with Gasteiger partial charge in [0.1, 0.15) is 0 Å². The summed E-state index contributed by atoms with van der Waals surface area (Å²) in [6.07, 6.45) is 4.92. The molecule has 0 fully saturated rings. The second-order valence-corrected chi connectivity index (χ2v) is 4.61. The zero-order valence-corrected chi connectivity index (χ0v) is 11.2. The maximum atomic E-state index is 5.06. The van der Waals surface area contributed by atoms with Gasteiger partial charge < -0.3 is 10.1 Å². The molecule has 0 amide bonds. The minimum Gasteiger partial charge on any atom is -0.385 e. The molecule has 0 aromatic carbocycles. The minimum atomic E-state index is 0.431. The highest BCUT2D eigenvalue weighted by Gasteiger charge is 2.03. The number of rotatable bonds is 6. The summed E-state index contributed by atoms with van der Waals surface area (Å²) in [5.41, 5.74) is 3.01. The van der Waals surface area contributed by atoms with E-state index >= 15 is 0 Å². The number of aromatic nitrogens is 3. The van der Waals surface area contributed by atoms with Crippen LogP contribution < -0.4 is 5.32 Å². The molecule has 0 aliphatic carbocycles. The Labute approximate surface area is 107 Å². The average Bonchev–Trinajstić information content (AvgIpc) is 2.73. The largest absolute Gasteiger partial charge is 0.385 e. The minimum absolute atomic E-state index is 0.431. The van der Waals surface area contributed by atoms with Crippen LogP contribution in [0.5, 0.6) is 0 Å². The Morgan fingerprint density at radius 3 is 3.11 bits per heavy atom. The zero-order valence-electron chi connectivity index (χ0n) is 11.2. The van der Waals surface area contributed by atoms with Gasteiger partial charge in [0.05, 0.1) is 5.69 Å². The van der Waals surface area contributed by atoms with E-state index in [1.165, 1.54) is 0 Å². The summed E-state index contributed by atoms with van der Waals surface area (Å²) in [4.78, 5) is 4.38. The number of hydrogen-bond donors (Lipinski definition) is 1. The maximum absolute atomic E-state index is 5.06. The monoisotopic (exact) mass is 248 g/mol. The topological polar surface area (TPSA) is 51.5 Å². The van der Waals surface area contributed by atoms with Crippen molar-refractivity contribution in [2.45, 2.75) is 32.9 Å². The van der Waals surface area contributed by atoms with E-state index in [1.54, 1.807) is 7.11 Å². The van der Waals surface area contributed by atoms with E-state index in [0.717, 1.165) is 36.5 Å². The molecule has 0 aliphatic rings. The van der Waals surface area contributed by atoms with Gasteiger partial charge in [0.25, 0.3) is 0 Å². The highest BCUT2D eigenvalue weighted by Crippen LogP contribution is 2.05. The molecule has 0 saturated heterocycles. The standard InChI is InChI=1S/C13H20N4O/c1-10(4-5-18-3)14-7-12-8-15-13-6-11(2)16-17(13)9-12/h6,8-10,14H,4-5,7H2,1-3H3. The second-order valence-electron chi connectivity index (χ2n) is 4.61. The Hall–Kier alpha value is -1.46. The predicted octanol–water partition coefficient (Wildman–Crippen LogP) is 1.55. The van der Waals surface area contributed by atoms with Crippen molar-refractivity contribution < 1.29 is 4.74 Å². The summed E-state index contributed by atoms with van der Waals surface area (Å²) in [7, 11) is 1.73. The Bertz CT molecular complexity index is 509. The Morgan fingerprint density at radius 2 is 2.33 bits per heavy atom. The first-order chi connectivity index (χ1) is 8.69. The van der Waals surface area contributed by atoms with E-state index in [-0.39, 0.29) is 0 Å². The molecule has 5 heteroatoms. The molecule has 2 heterocycles. The van der Waals surface area contributed by atoms with Crippen LogP contribution in [0.2, 0.25) is 0 Å². The highest BCUT2D eigenvalue weighted by molar-refractivity contribution is 5.38. The Kier molecular flexibility index (Phi) is 4.28. The first kappa shape index (κ1) is 13.0. The quantitative estimate of drug-likeness (QED) is 0.842. The van der Waals surface area contributed by atoms with Crippen molar-refractivity contribution in [2.24, 2.45) is 0 Å². The van der Waals surface area contributed by atoms with Crippen LogP contribution in [0.3, 0.4) is 0 Å². The van der Waals surface area contributed by atoms with Crippen LogP contribution in [0.4, 0.5) is 0 Å². The van der Waals surface area contributed by atoms with Crippen LogP contribution in [0, 0.1) is 6.92 Å². The molecule has 0 saturated carbocycles. The molecule has 1 N–H and O–H groups in total. The third-order valence-corrected chi connectivity index (χ3v) is 2.90. The molecule has 18 heavy (non-hydrogen) atoms. The smallest absolute Gasteiger partial charge is 0.155 e. The van der Waals surface area contributed by atoms with Crippen molar-refractivity contribution in [3.63, 3.8) is 0 Å². The third-order valence-electron chi connectivity index (χ3n) is 2.90. The Balaban J connectivity index is 1.95. The third kappa shape index (κ3) is 3.27. The number of fused-ring (bicyclic) bond motifs is 1. The molecule has 2 aromatic rings. The molecule has 2 aromatic heterocycles. The summed E-state index contributed by atoms with van der Waals surface area (Å²) < 4.78 is 6.88. The van der Waals surface area contributed by atoms with Crippen molar-refractivity contribution in [3.8, 4) is 0 Å². The molecular weight excluding hydrogens is 228 g/mol. The van der Waals surface area contributed by atoms with E-state index in [9.17, 15) is 0 Å². The predicted molar refractivity (Wildman–Crippen MR) is 70.5 cm³/mol. The second kappa shape index (κ2) is 5.93. The molecule has 1 unspecified atom stereocenters. The van der Waals surface area contributed by atoms with Gasteiger partial charge in [-0.1, -0.05) is 0 Å². The number of ether oxygens (including phenoxy) is 1. The number of nitrogens with zero attached hydrogens (tertiary/aromatic N) is 3. The fourth-order valence-electron chi connectivity index (χ4n) is 1.81. The van der Waals surface area contributed by atoms with Crippen LogP contribution in [-0.2, 0) is 11.3 Å². The first-order valence-electron chi connectivity index (χ1n) is 6.22. The lowest BCUT2D eigenvalue weighted by Crippen LogP contribution is -2.26. The lowest BCUT2D eigenvalue weighted by Gasteiger charge is -2.12. The lowest BCUT2D eigenvalue weighted by atomic mass is 10.2. The maximum Gasteiger partial charge on any atom is 0.155 e. The van der Waals surface area contributed by atoms with Crippen LogP contribution in [0.15, 0.2) is 18.5 Å². The van der Waals surface area contributed by atoms with Crippen LogP contribution in [-0.4, -0.2) is 34.4 Å². The Morgan fingerprint density at radius 1 is 1.50 bits per heavy atom. The molecule has 0 aliphatic heterocycles. The molecule has 1 atom stereocenters. The van der Waals surface area contributed by atoms with E-state index in [1.807, 2.05) is 29.9 Å². The summed E-state index contributed by atoms with van der Waals surface area (Å²) in [6.45, 7) is 5.71. The first-order valence-corrected chi connectivity index (χ1v) is 6.22. The molecule has 0 radical (unpaired) electrons. The van der Waals surface area contributed by atoms with Crippen molar-refractivity contribution >= 4 is 5.65 Å². The SMILES string of the molecule is COCCC(C)NCc1cnc2cc(C)nn2c1. The van der Waals surface area contributed by atoms with E-state index in [2.05, 4.69) is 22.3 Å². The van der Waals surface area contributed by atoms with Gasteiger partial charge in [0, 0.05) is 50.3 Å². The molecule has 0 bridgehead atoms. The summed E-state index contributed by atoms with van der Waals surface area (Å²) in [5, 5.41) is 7.80. The van der Waals surface area contributed by atoms with Gasteiger partial charge >= 0.3 is 0 Å². The van der Waals surface area contributed by atoms with Crippen molar-refractivity contribution in [3.05, 3.63) is 29.7 Å². The summed E-state index contributed by atoms with van der Waals surface area (Å²) in [5.74, 6) is 0. The molecule has 98 valence electrons. The van der Waals surface area contributed by atoms with Crippen LogP contribution in [0.25, 0.3) is 5.65 Å². The van der Waals surface area contributed by atoms with Gasteiger partial charge in [-0.05, 0) is 20.3 Å². The lowest BCUT2D eigenvalue weighted by molar-refractivity contribution is 0.184. The van der Waals surface area contributed by atoms with Gasteiger partial charge in [-0.2, -0.15) is 5.10 Å². The fourth-order valence-corrected chi connectivity index (χ4v) is 1.81.